The van der Waals surface area contributed by atoms with Crippen molar-refractivity contribution in [2.24, 2.45) is 5.73 Å². The Kier molecular flexibility index (Phi) is 5.54. The van der Waals surface area contributed by atoms with Crippen LogP contribution < -0.4 is 10.5 Å². The zero-order valence-corrected chi connectivity index (χ0v) is 14.6. The molecule has 0 amide bonds. The van der Waals surface area contributed by atoms with Crippen molar-refractivity contribution in [2.75, 3.05) is 33.3 Å². The van der Waals surface area contributed by atoms with Crippen LogP contribution in [0.1, 0.15) is 24.0 Å². The van der Waals surface area contributed by atoms with Crippen molar-refractivity contribution in [1.82, 2.24) is 4.90 Å². The molecule has 1 aliphatic rings. The third-order valence-electron chi connectivity index (χ3n) is 5.47. The second-order valence-corrected chi connectivity index (χ2v) is 6.79. The first-order valence-corrected chi connectivity index (χ1v) is 8.87. The molecule has 1 heterocycles. The molecule has 0 unspecified atom stereocenters. The molecule has 3 rings (SSSR count). The SMILES string of the molecule is COc1ccc(CCN2CCC(CN)(c3ccccc3)CC2)cc1. The second-order valence-electron chi connectivity index (χ2n) is 6.79. The summed E-state index contributed by atoms with van der Waals surface area (Å²) in [6, 6.07) is 19.2. The molecule has 1 fully saturated rings. The van der Waals surface area contributed by atoms with Crippen LogP contribution in [0.2, 0.25) is 0 Å². The summed E-state index contributed by atoms with van der Waals surface area (Å²) in [5.41, 5.74) is 9.12. The lowest BCUT2D eigenvalue weighted by molar-refractivity contribution is 0.164. The van der Waals surface area contributed by atoms with Gasteiger partial charge in [-0.15, -0.1) is 0 Å². The summed E-state index contributed by atoms with van der Waals surface area (Å²) in [5.74, 6) is 0.923. The number of piperidine rings is 1. The third kappa shape index (κ3) is 3.80. The lowest BCUT2D eigenvalue weighted by atomic mass is 9.73. The average Bonchev–Trinajstić information content (AvgIpc) is 2.68. The van der Waals surface area contributed by atoms with Crippen LogP contribution in [0.5, 0.6) is 5.75 Å². The van der Waals surface area contributed by atoms with Gasteiger partial charge in [0.25, 0.3) is 0 Å². The molecular weight excluding hydrogens is 296 g/mol. The minimum absolute atomic E-state index is 0.165. The normalized spacial score (nSPS) is 17.6. The van der Waals surface area contributed by atoms with Crippen molar-refractivity contribution in [3.63, 3.8) is 0 Å². The van der Waals surface area contributed by atoms with Crippen LogP contribution in [0.15, 0.2) is 54.6 Å². The van der Waals surface area contributed by atoms with Gasteiger partial charge in [-0.1, -0.05) is 42.5 Å². The molecule has 0 aromatic heterocycles. The molecule has 3 nitrogen and oxygen atoms in total. The van der Waals surface area contributed by atoms with Gasteiger partial charge in [-0.3, -0.25) is 0 Å². The number of ether oxygens (including phenoxy) is 1. The maximum atomic E-state index is 6.18. The maximum absolute atomic E-state index is 6.18. The van der Waals surface area contributed by atoms with Crippen molar-refractivity contribution in [1.29, 1.82) is 0 Å². The van der Waals surface area contributed by atoms with Gasteiger partial charge in [0.05, 0.1) is 7.11 Å². The highest BCUT2D eigenvalue weighted by Gasteiger charge is 2.34. The van der Waals surface area contributed by atoms with Gasteiger partial charge in [0.15, 0.2) is 0 Å². The van der Waals surface area contributed by atoms with Gasteiger partial charge in [-0.25, -0.2) is 0 Å². The van der Waals surface area contributed by atoms with Crippen molar-refractivity contribution < 1.29 is 4.74 Å². The first-order valence-electron chi connectivity index (χ1n) is 8.87. The van der Waals surface area contributed by atoms with Crippen molar-refractivity contribution in [3.8, 4) is 5.75 Å². The van der Waals surface area contributed by atoms with E-state index in [9.17, 15) is 0 Å². The van der Waals surface area contributed by atoms with Gasteiger partial charge >= 0.3 is 0 Å². The first-order chi connectivity index (χ1) is 11.8. The molecule has 0 saturated carbocycles. The van der Waals surface area contributed by atoms with E-state index in [1.807, 2.05) is 12.1 Å². The fourth-order valence-corrected chi connectivity index (χ4v) is 3.69. The molecule has 1 aliphatic heterocycles. The molecule has 0 aliphatic carbocycles. The van der Waals surface area contributed by atoms with Crippen LogP contribution in [0.3, 0.4) is 0 Å². The van der Waals surface area contributed by atoms with E-state index >= 15 is 0 Å². The van der Waals surface area contributed by atoms with Crippen LogP contribution in [-0.4, -0.2) is 38.2 Å². The molecule has 2 N–H and O–H groups in total. The van der Waals surface area contributed by atoms with Crippen molar-refractivity contribution in [2.45, 2.75) is 24.7 Å². The summed E-state index contributed by atoms with van der Waals surface area (Å²) >= 11 is 0. The lowest BCUT2D eigenvalue weighted by Gasteiger charge is -2.41. The number of hydrogen-bond acceptors (Lipinski definition) is 3. The highest BCUT2D eigenvalue weighted by molar-refractivity contribution is 5.28. The number of rotatable bonds is 6. The Labute approximate surface area is 145 Å². The van der Waals surface area contributed by atoms with E-state index in [0.717, 1.165) is 51.2 Å². The van der Waals surface area contributed by atoms with E-state index in [4.69, 9.17) is 10.5 Å². The molecule has 0 radical (unpaired) electrons. The number of hydrogen-bond donors (Lipinski definition) is 1. The van der Waals surface area contributed by atoms with Gasteiger partial charge < -0.3 is 15.4 Å². The predicted molar refractivity (Wildman–Crippen MR) is 99.5 cm³/mol. The maximum Gasteiger partial charge on any atom is 0.118 e. The van der Waals surface area contributed by atoms with Gasteiger partial charge in [-0.2, -0.15) is 0 Å². The molecule has 3 heteroatoms. The van der Waals surface area contributed by atoms with Crippen molar-refractivity contribution >= 4 is 0 Å². The van der Waals surface area contributed by atoms with Crippen LogP contribution >= 0.6 is 0 Å². The number of benzene rings is 2. The molecule has 2 aromatic carbocycles. The first kappa shape index (κ1) is 17.0. The number of nitrogens with two attached hydrogens (primary N) is 1. The topological polar surface area (TPSA) is 38.5 Å². The van der Waals surface area contributed by atoms with Crippen LogP contribution in [0.25, 0.3) is 0 Å². The summed E-state index contributed by atoms with van der Waals surface area (Å²) in [6.07, 6.45) is 3.39. The molecule has 0 spiro atoms. The minimum atomic E-state index is 0.165. The molecule has 0 atom stereocenters. The van der Waals surface area contributed by atoms with E-state index in [2.05, 4.69) is 47.4 Å². The monoisotopic (exact) mass is 324 g/mol. The van der Waals surface area contributed by atoms with Gasteiger partial charge in [0.2, 0.25) is 0 Å². The van der Waals surface area contributed by atoms with E-state index in [0.29, 0.717) is 0 Å². The Morgan fingerprint density at radius 2 is 1.67 bits per heavy atom. The Morgan fingerprint density at radius 1 is 1.00 bits per heavy atom. The Morgan fingerprint density at radius 3 is 2.25 bits per heavy atom. The van der Waals surface area contributed by atoms with E-state index in [1.165, 1.54) is 11.1 Å². The fourth-order valence-electron chi connectivity index (χ4n) is 3.69. The standard InChI is InChI=1S/C21H28N2O/c1-24-20-9-7-18(8-10-20)11-14-23-15-12-21(17-22,13-16-23)19-5-3-2-4-6-19/h2-10H,11-17,22H2,1H3. The summed E-state index contributed by atoms with van der Waals surface area (Å²) < 4.78 is 5.22. The largest absolute Gasteiger partial charge is 0.497 e. The molecular formula is C21H28N2O. The summed E-state index contributed by atoms with van der Waals surface area (Å²) in [7, 11) is 1.71. The average molecular weight is 324 g/mol. The minimum Gasteiger partial charge on any atom is -0.497 e. The molecule has 128 valence electrons. The second kappa shape index (κ2) is 7.82. The lowest BCUT2D eigenvalue weighted by Crippen LogP contribution is -2.47. The Bertz CT molecular complexity index is 616. The Hall–Kier alpha value is -1.84. The van der Waals surface area contributed by atoms with Gasteiger partial charge in [0.1, 0.15) is 5.75 Å². The zero-order valence-electron chi connectivity index (χ0n) is 14.6. The number of methoxy groups -OCH3 is 1. The number of likely N-dealkylation sites (tertiary alicyclic amines) is 1. The number of nitrogens with zero attached hydrogens (tertiary/aromatic N) is 1. The van der Waals surface area contributed by atoms with Crippen LogP contribution in [-0.2, 0) is 11.8 Å². The summed E-state index contributed by atoms with van der Waals surface area (Å²) in [5, 5.41) is 0. The zero-order chi connectivity index (χ0) is 16.8. The fraction of sp³-hybridized carbons (Fsp3) is 0.429. The predicted octanol–water partition coefficient (Wildman–Crippen LogP) is 3.23. The van der Waals surface area contributed by atoms with Crippen LogP contribution in [0, 0.1) is 0 Å². The van der Waals surface area contributed by atoms with E-state index < -0.39 is 0 Å². The highest BCUT2D eigenvalue weighted by Crippen LogP contribution is 2.34. The smallest absolute Gasteiger partial charge is 0.118 e. The highest BCUT2D eigenvalue weighted by atomic mass is 16.5. The molecule has 24 heavy (non-hydrogen) atoms. The summed E-state index contributed by atoms with van der Waals surface area (Å²) in [4.78, 5) is 2.57. The molecule has 2 aromatic rings. The van der Waals surface area contributed by atoms with E-state index in [1.54, 1.807) is 7.11 Å². The van der Waals surface area contributed by atoms with Gasteiger partial charge in [0, 0.05) is 18.5 Å². The molecule has 1 saturated heterocycles. The third-order valence-corrected chi connectivity index (χ3v) is 5.47. The Balaban J connectivity index is 1.54. The quantitative estimate of drug-likeness (QED) is 0.886. The van der Waals surface area contributed by atoms with E-state index in [-0.39, 0.29) is 5.41 Å². The van der Waals surface area contributed by atoms with Crippen molar-refractivity contribution in [3.05, 3.63) is 65.7 Å². The van der Waals surface area contributed by atoms with Gasteiger partial charge in [-0.05, 0) is 55.6 Å². The summed E-state index contributed by atoms with van der Waals surface area (Å²) in [6.45, 7) is 4.11. The molecule has 0 bridgehead atoms. The van der Waals surface area contributed by atoms with Crippen LogP contribution in [0.4, 0.5) is 0 Å².